The normalized spacial score (nSPS) is 14.4. The Morgan fingerprint density at radius 1 is 1.17 bits per heavy atom. The number of hydrogen-bond acceptors (Lipinski definition) is 4. The van der Waals surface area contributed by atoms with E-state index >= 15 is 0 Å². The highest BCUT2D eigenvalue weighted by molar-refractivity contribution is 7.71. The maximum absolute atomic E-state index is 12.7. The van der Waals surface area contributed by atoms with Crippen LogP contribution in [0.4, 0.5) is 5.82 Å². The Kier molecular flexibility index (Phi) is 3.90. The van der Waals surface area contributed by atoms with Gasteiger partial charge < -0.3 is 9.88 Å². The average Bonchev–Trinajstić information content (AvgIpc) is 3.14. The Labute approximate surface area is 144 Å². The van der Waals surface area contributed by atoms with E-state index in [1.807, 2.05) is 36.5 Å². The largest absolute Gasteiger partial charge is 0.357 e. The molecule has 2 aromatic heterocycles. The van der Waals surface area contributed by atoms with Gasteiger partial charge in [-0.3, -0.25) is 9.36 Å². The van der Waals surface area contributed by atoms with Crippen LogP contribution in [0.5, 0.6) is 0 Å². The summed E-state index contributed by atoms with van der Waals surface area (Å²) in [5.41, 5.74) is 1.74. The quantitative estimate of drug-likeness (QED) is 0.746. The molecule has 1 aliphatic heterocycles. The van der Waals surface area contributed by atoms with E-state index in [1.165, 1.54) is 12.8 Å². The number of pyridine rings is 1. The highest BCUT2D eigenvalue weighted by atomic mass is 32.1. The topological polar surface area (TPSA) is 53.9 Å². The predicted molar refractivity (Wildman–Crippen MR) is 98.2 cm³/mol. The number of para-hydroxylation sites is 1. The van der Waals surface area contributed by atoms with Crippen molar-refractivity contribution in [1.29, 1.82) is 0 Å². The van der Waals surface area contributed by atoms with Crippen molar-refractivity contribution in [1.82, 2.24) is 14.5 Å². The number of anilines is 1. The Morgan fingerprint density at radius 2 is 1.96 bits per heavy atom. The molecule has 1 N–H and O–H groups in total. The molecule has 0 aliphatic carbocycles. The molecule has 0 radical (unpaired) electrons. The summed E-state index contributed by atoms with van der Waals surface area (Å²) in [5.74, 6) is 0.980. The van der Waals surface area contributed by atoms with Gasteiger partial charge in [0, 0.05) is 19.3 Å². The van der Waals surface area contributed by atoms with Crippen LogP contribution in [0, 0.1) is 4.77 Å². The van der Waals surface area contributed by atoms with Gasteiger partial charge in [-0.1, -0.05) is 12.1 Å². The molecule has 0 amide bonds. The van der Waals surface area contributed by atoms with E-state index < -0.39 is 0 Å². The summed E-state index contributed by atoms with van der Waals surface area (Å²) in [5, 5.41) is 0.653. The number of hydrogen-bond donors (Lipinski definition) is 1. The highest BCUT2D eigenvalue weighted by Crippen LogP contribution is 2.19. The lowest BCUT2D eigenvalue weighted by Crippen LogP contribution is -2.23. The molecule has 0 bridgehead atoms. The van der Waals surface area contributed by atoms with Gasteiger partial charge in [-0.2, -0.15) is 0 Å². The summed E-state index contributed by atoms with van der Waals surface area (Å²) in [6.45, 7) is 2.54. The van der Waals surface area contributed by atoms with Crippen molar-refractivity contribution in [2.75, 3.05) is 18.0 Å². The summed E-state index contributed by atoms with van der Waals surface area (Å²) in [6, 6.07) is 11.4. The van der Waals surface area contributed by atoms with E-state index in [1.54, 1.807) is 4.57 Å². The number of nitrogens with zero attached hydrogens (tertiary/aromatic N) is 3. The van der Waals surface area contributed by atoms with Gasteiger partial charge in [0.25, 0.3) is 5.56 Å². The number of nitrogens with one attached hydrogen (secondary N) is 1. The van der Waals surface area contributed by atoms with Gasteiger partial charge in [0.2, 0.25) is 0 Å². The summed E-state index contributed by atoms with van der Waals surface area (Å²) < 4.78 is 2.05. The standard InChI is InChI=1S/C18H18N4OS/c23-17-14-5-1-2-6-15(14)20-18(24)22(17)12-13-7-8-19-16(11-13)21-9-3-4-10-21/h1-2,5-8,11H,3-4,9-10,12H2,(H,20,24). The molecule has 1 aliphatic rings. The Balaban J connectivity index is 1.73. The van der Waals surface area contributed by atoms with E-state index in [-0.39, 0.29) is 5.56 Å². The Bertz CT molecular complexity index is 1000. The SMILES string of the molecule is O=c1c2ccccc2[nH]c(=S)n1Cc1ccnc(N2CCCC2)c1. The Hall–Kier alpha value is -2.47. The summed E-state index contributed by atoms with van der Waals surface area (Å²) in [7, 11) is 0. The molecule has 6 heteroatoms. The zero-order chi connectivity index (χ0) is 16.5. The zero-order valence-electron chi connectivity index (χ0n) is 13.2. The lowest BCUT2D eigenvalue weighted by molar-refractivity contribution is 0.732. The second-order valence-electron chi connectivity index (χ2n) is 6.08. The van der Waals surface area contributed by atoms with Crippen LogP contribution in [-0.4, -0.2) is 27.6 Å². The number of rotatable bonds is 3. The van der Waals surface area contributed by atoms with Crippen molar-refractivity contribution >= 4 is 28.9 Å². The fourth-order valence-corrected chi connectivity index (χ4v) is 3.46. The highest BCUT2D eigenvalue weighted by Gasteiger charge is 2.14. The van der Waals surface area contributed by atoms with Gasteiger partial charge in [0.05, 0.1) is 17.4 Å². The number of H-pyrrole nitrogens is 1. The van der Waals surface area contributed by atoms with Crippen LogP contribution in [0.25, 0.3) is 10.9 Å². The van der Waals surface area contributed by atoms with Gasteiger partial charge in [-0.25, -0.2) is 4.98 Å². The molecule has 1 aromatic carbocycles. The molecule has 0 spiro atoms. The summed E-state index contributed by atoms with van der Waals surface area (Å²) in [4.78, 5) is 22.6. The molecule has 4 rings (SSSR count). The summed E-state index contributed by atoms with van der Waals surface area (Å²) in [6.07, 6.45) is 4.23. The molecular weight excluding hydrogens is 320 g/mol. The first kappa shape index (κ1) is 15.1. The lowest BCUT2D eigenvalue weighted by atomic mass is 10.2. The van der Waals surface area contributed by atoms with Crippen LogP contribution in [0.1, 0.15) is 18.4 Å². The van der Waals surface area contributed by atoms with E-state index in [2.05, 4.69) is 20.9 Å². The first-order valence-electron chi connectivity index (χ1n) is 8.14. The van der Waals surface area contributed by atoms with E-state index in [9.17, 15) is 4.79 Å². The lowest BCUT2D eigenvalue weighted by Gasteiger charge is -2.17. The summed E-state index contributed by atoms with van der Waals surface area (Å²) >= 11 is 5.39. The van der Waals surface area contributed by atoms with Crippen molar-refractivity contribution in [3.8, 4) is 0 Å². The van der Waals surface area contributed by atoms with Crippen LogP contribution < -0.4 is 10.5 Å². The van der Waals surface area contributed by atoms with E-state index in [0.717, 1.165) is 30.0 Å². The monoisotopic (exact) mass is 338 g/mol. The molecule has 1 saturated heterocycles. The molecule has 0 saturated carbocycles. The maximum Gasteiger partial charge on any atom is 0.262 e. The van der Waals surface area contributed by atoms with Crippen LogP contribution in [0.15, 0.2) is 47.4 Å². The first-order chi connectivity index (χ1) is 11.7. The molecule has 0 atom stereocenters. The molecular formula is C18H18N4OS. The van der Waals surface area contributed by atoms with Gasteiger partial charge >= 0.3 is 0 Å². The van der Waals surface area contributed by atoms with Crippen LogP contribution >= 0.6 is 12.2 Å². The fourth-order valence-electron chi connectivity index (χ4n) is 3.20. The minimum absolute atomic E-state index is 0.0612. The molecule has 3 aromatic rings. The van der Waals surface area contributed by atoms with Crippen LogP contribution in [-0.2, 0) is 6.54 Å². The van der Waals surface area contributed by atoms with Gasteiger partial charge in [-0.15, -0.1) is 0 Å². The first-order valence-corrected chi connectivity index (χ1v) is 8.55. The third kappa shape index (κ3) is 2.73. The molecule has 5 nitrogen and oxygen atoms in total. The van der Waals surface area contributed by atoms with Crippen molar-refractivity contribution in [3.63, 3.8) is 0 Å². The second-order valence-corrected chi connectivity index (χ2v) is 6.47. The average molecular weight is 338 g/mol. The third-order valence-corrected chi connectivity index (χ3v) is 4.79. The molecule has 1 fully saturated rings. The number of aromatic nitrogens is 3. The molecule has 3 heterocycles. The van der Waals surface area contributed by atoms with Crippen LogP contribution in [0.2, 0.25) is 0 Å². The molecule has 122 valence electrons. The van der Waals surface area contributed by atoms with Crippen molar-refractivity contribution in [3.05, 3.63) is 63.3 Å². The fraction of sp³-hybridized carbons (Fsp3) is 0.278. The molecule has 0 unspecified atom stereocenters. The maximum atomic E-state index is 12.7. The minimum atomic E-state index is -0.0612. The van der Waals surface area contributed by atoms with Gasteiger partial charge in [-0.05, 0) is 54.9 Å². The van der Waals surface area contributed by atoms with E-state index in [0.29, 0.717) is 16.7 Å². The molecule has 24 heavy (non-hydrogen) atoms. The van der Waals surface area contributed by atoms with Crippen molar-refractivity contribution in [2.45, 2.75) is 19.4 Å². The van der Waals surface area contributed by atoms with Gasteiger partial charge in [0.15, 0.2) is 4.77 Å². The number of fused-ring (bicyclic) bond motifs is 1. The second kappa shape index (κ2) is 6.20. The van der Waals surface area contributed by atoms with Crippen molar-refractivity contribution in [2.24, 2.45) is 0 Å². The number of aromatic amines is 1. The van der Waals surface area contributed by atoms with Crippen LogP contribution in [0.3, 0.4) is 0 Å². The third-order valence-electron chi connectivity index (χ3n) is 4.47. The minimum Gasteiger partial charge on any atom is -0.357 e. The smallest absolute Gasteiger partial charge is 0.262 e. The van der Waals surface area contributed by atoms with Gasteiger partial charge in [0.1, 0.15) is 5.82 Å². The zero-order valence-corrected chi connectivity index (χ0v) is 14.1. The predicted octanol–water partition coefficient (Wildman–Crippen LogP) is 3.10. The van der Waals surface area contributed by atoms with Crippen molar-refractivity contribution < 1.29 is 0 Å². The van der Waals surface area contributed by atoms with E-state index in [4.69, 9.17) is 12.2 Å². The Morgan fingerprint density at radius 3 is 2.79 bits per heavy atom. The number of benzene rings is 1.